The lowest BCUT2D eigenvalue weighted by molar-refractivity contribution is 0.482. The molecule has 0 bridgehead atoms. The zero-order valence-corrected chi connectivity index (χ0v) is 12.7. The van der Waals surface area contributed by atoms with Gasteiger partial charge in [-0.05, 0) is 38.4 Å². The van der Waals surface area contributed by atoms with E-state index in [9.17, 15) is 0 Å². The van der Waals surface area contributed by atoms with E-state index < -0.39 is 0 Å². The van der Waals surface area contributed by atoms with Crippen molar-refractivity contribution in [1.29, 1.82) is 0 Å². The molecule has 0 spiro atoms. The Hall–Kier alpha value is -1.13. The third-order valence-corrected chi connectivity index (χ3v) is 5.38. The molecule has 1 saturated heterocycles. The summed E-state index contributed by atoms with van der Waals surface area (Å²) in [6, 6.07) is 2.30. The number of hydrogen-bond acceptors (Lipinski definition) is 3. The molecule has 1 N–H and O–H groups in total. The van der Waals surface area contributed by atoms with Crippen molar-refractivity contribution < 1.29 is 0 Å². The summed E-state index contributed by atoms with van der Waals surface area (Å²) in [5, 5.41) is 3.47. The van der Waals surface area contributed by atoms with E-state index in [4.69, 9.17) is 0 Å². The molecule has 0 amide bonds. The second kappa shape index (κ2) is 4.76. The standard InChI is InChI=1S/C15H21N3S/c1-11-6-13(19-12(11)2)8-18-10-17-7-14(18)15(3)4-5-16-9-15/h6-7,10,16H,4-5,8-9H2,1-3H3. The van der Waals surface area contributed by atoms with Crippen LogP contribution >= 0.6 is 11.3 Å². The summed E-state index contributed by atoms with van der Waals surface area (Å²) in [5.74, 6) is 0. The molecule has 0 aliphatic carbocycles. The highest BCUT2D eigenvalue weighted by Gasteiger charge is 2.33. The minimum atomic E-state index is 0.234. The first-order valence-corrected chi connectivity index (χ1v) is 7.67. The lowest BCUT2D eigenvalue weighted by Crippen LogP contribution is -2.28. The Morgan fingerprint density at radius 1 is 1.47 bits per heavy atom. The number of thiophene rings is 1. The smallest absolute Gasteiger partial charge is 0.0951 e. The predicted octanol–water partition coefficient (Wildman–Crippen LogP) is 2.86. The fourth-order valence-corrected chi connectivity index (χ4v) is 3.93. The summed E-state index contributed by atoms with van der Waals surface area (Å²) in [7, 11) is 0. The van der Waals surface area contributed by atoms with Crippen molar-refractivity contribution in [2.75, 3.05) is 13.1 Å². The summed E-state index contributed by atoms with van der Waals surface area (Å²) in [5.41, 5.74) is 2.99. The first-order valence-electron chi connectivity index (χ1n) is 6.86. The van der Waals surface area contributed by atoms with Gasteiger partial charge in [0.25, 0.3) is 0 Å². The largest absolute Gasteiger partial charge is 0.329 e. The lowest BCUT2D eigenvalue weighted by Gasteiger charge is -2.24. The Bertz CT molecular complexity index is 556. The minimum absolute atomic E-state index is 0.234. The van der Waals surface area contributed by atoms with Crippen LogP contribution in [0.25, 0.3) is 0 Å². The average molecular weight is 275 g/mol. The van der Waals surface area contributed by atoms with Crippen molar-refractivity contribution in [3.63, 3.8) is 0 Å². The molecule has 1 aliphatic heterocycles. The minimum Gasteiger partial charge on any atom is -0.329 e. The van der Waals surface area contributed by atoms with Crippen LogP contribution in [-0.4, -0.2) is 22.6 Å². The summed E-state index contributed by atoms with van der Waals surface area (Å²) in [6.45, 7) is 9.84. The van der Waals surface area contributed by atoms with Crippen LogP contribution in [0.5, 0.6) is 0 Å². The molecule has 102 valence electrons. The Kier molecular flexibility index (Phi) is 3.23. The van der Waals surface area contributed by atoms with Crippen LogP contribution in [0.3, 0.4) is 0 Å². The van der Waals surface area contributed by atoms with E-state index in [1.54, 1.807) is 0 Å². The summed E-state index contributed by atoms with van der Waals surface area (Å²) < 4.78 is 2.32. The molecule has 19 heavy (non-hydrogen) atoms. The van der Waals surface area contributed by atoms with Gasteiger partial charge in [-0.15, -0.1) is 11.3 Å². The molecular formula is C15H21N3S. The van der Waals surface area contributed by atoms with E-state index in [2.05, 4.69) is 41.7 Å². The van der Waals surface area contributed by atoms with Crippen molar-refractivity contribution in [3.8, 4) is 0 Å². The van der Waals surface area contributed by atoms with Crippen LogP contribution < -0.4 is 5.32 Å². The summed E-state index contributed by atoms with van der Waals surface area (Å²) in [4.78, 5) is 7.22. The Morgan fingerprint density at radius 2 is 2.32 bits per heavy atom. The zero-order valence-electron chi connectivity index (χ0n) is 11.9. The van der Waals surface area contributed by atoms with E-state index in [-0.39, 0.29) is 5.41 Å². The molecule has 3 heterocycles. The fraction of sp³-hybridized carbons (Fsp3) is 0.533. The predicted molar refractivity (Wildman–Crippen MR) is 80.0 cm³/mol. The fourth-order valence-electron chi connectivity index (χ4n) is 2.88. The van der Waals surface area contributed by atoms with Gasteiger partial charge in [-0.1, -0.05) is 6.92 Å². The molecule has 1 atom stereocenters. The van der Waals surface area contributed by atoms with Crippen LogP contribution in [0.2, 0.25) is 0 Å². The molecule has 2 aromatic rings. The monoisotopic (exact) mass is 275 g/mol. The maximum absolute atomic E-state index is 4.38. The number of imidazole rings is 1. The van der Waals surface area contributed by atoms with Crippen molar-refractivity contribution in [1.82, 2.24) is 14.9 Å². The van der Waals surface area contributed by atoms with Crippen LogP contribution in [-0.2, 0) is 12.0 Å². The van der Waals surface area contributed by atoms with Crippen LogP contribution in [0.15, 0.2) is 18.6 Å². The molecule has 4 heteroatoms. The van der Waals surface area contributed by atoms with E-state index in [1.165, 1.54) is 27.4 Å². The molecule has 0 saturated carbocycles. The van der Waals surface area contributed by atoms with Gasteiger partial charge in [0.2, 0.25) is 0 Å². The average Bonchev–Trinajstić information content (AvgIpc) is 3.04. The van der Waals surface area contributed by atoms with Crippen LogP contribution in [0.4, 0.5) is 0 Å². The van der Waals surface area contributed by atoms with Crippen molar-refractivity contribution in [2.24, 2.45) is 0 Å². The second-order valence-electron chi connectivity index (χ2n) is 5.85. The third-order valence-electron chi connectivity index (χ3n) is 4.24. The van der Waals surface area contributed by atoms with Gasteiger partial charge in [-0.3, -0.25) is 0 Å². The highest BCUT2D eigenvalue weighted by atomic mass is 32.1. The Morgan fingerprint density at radius 3 is 2.95 bits per heavy atom. The quantitative estimate of drug-likeness (QED) is 0.933. The van der Waals surface area contributed by atoms with Crippen LogP contribution in [0.1, 0.15) is 34.4 Å². The van der Waals surface area contributed by atoms with Gasteiger partial charge < -0.3 is 9.88 Å². The summed E-state index contributed by atoms with van der Waals surface area (Å²) >= 11 is 1.90. The molecule has 0 radical (unpaired) electrons. The number of nitrogens with one attached hydrogen (secondary N) is 1. The number of nitrogens with zero attached hydrogens (tertiary/aromatic N) is 2. The van der Waals surface area contributed by atoms with E-state index in [1.807, 2.05) is 23.9 Å². The van der Waals surface area contributed by atoms with E-state index in [0.29, 0.717) is 0 Å². The highest BCUT2D eigenvalue weighted by molar-refractivity contribution is 7.12. The number of aryl methyl sites for hydroxylation is 2. The Labute approximate surface area is 118 Å². The molecule has 3 rings (SSSR count). The first kappa shape index (κ1) is 12.9. The highest BCUT2D eigenvalue weighted by Crippen LogP contribution is 2.31. The van der Waals surface area contributed by atoms with Gasteiger partial charge in [0, 0.05) is 33.6 Å². The van der Waals surface area contributed by atoms with Crippen molar-refractivity contribution in [2.45, 2.75) is 39.2 Å². The van der Waals surface area contributed by atoms with E-state index >= 15 is 0 Å². The Balaban J connectivity index is 1.88. The molecule has 3 nitrogen and oxygen atoms in total. The van der Waals surface area contributed by atoms with Gasteiger partial charge >= 0.3 is 0 Å². The maximum atomic E-state index is 4.38. The van der Waals surface area contributed by atoms with E-state index in [0.717, 1.165) is 19.6 Å². The first-order chi connectivity index (χ1) is 9.08. The summed E-state index contributed by atoms with van der Waals surface area (Å²) in [6.07, 6.45) is 5.21. The van der Waals surface area contributed by atoms with Gasteiger partial charge in [-0.25, -0.2) is 4.98 Å². The maximum Gasteiger partial charge on any atom is 0.0951 e. The number of hydrogen-bond donors (Lipinski definition) is 1. The van der Waals surface area contributed by atoms with Gasteiger partial charge in [0.1, 0.15) is 0 Å². The molecule has 1 unspecified atom stereocenters. The van der Waals surface area contributed by atoms with Crippen LogP contribution in [0, 0.1) is 13.8 Å². The number of aromatic nitrogens is 2. The molecule has 0 aromatic carbocycles. The van der Waals surface area contributed by atoms with Gasteiger partial charge in [0.05, 0.1) is 12.9 Å². The zero-order chi connectivity index (χ0) is 13.5. The van der Waals surface area contributed by atoms with Gasteiger partial charge in [-0.2, -0.15) is 0 Å². The third kappa shape index (κ3) is 2.35. The molecule has 2 aromatic heterocycles. The van der Waals surface area contributed by atoms with Crippen molar-refractivity contribution >= 4 is 11.3 Å². The van der Waals surface area contributed by atoms with Crippen molar-refractivity contribution in [3.05, 3.63) is 39.6 Å². The number of rotatable bonds is 3. The topological polar surface area (TPSA) is 29.9 Å². The normalized spacial score (nSPS) is 23.1. The molecular weight excluding hydrogens is 254 g/mol. The SMILES string of the molecule is Cc1cc(Cn2cncc2C2(C)CCNC2)sc1C. The lowest BCUT2D eigenvalue weighted by atomic mass is 9.86. The van der Waals surface area contributed by atoms with Gasteiger partial charge in [0.15, 0.2) is 0 Å². The molecule has 1 aliphatic rings. The second-order valence-corrected chi connectivity index (χ2v) is 7.19. The molecule has 1 fully saturated rings.